The SMILES string of the molecule is CC(C)c1noc(C2CCC(Oc3ncnc4c(-c5cc(F)c(S(C)(=O)=O)cc5F)nn(C)c34)CC2)n1. The van der Waals surface area contributed by atoms with Crippen LogP contribution in [-0.2, 0) is 16.9 Å². The lowest BCUT2D eigenvalue weighted by molar-refractivity contribution is 0.135. The number of hydrogen-bond donors (Lipinski definition) is 0. The molecule has 1 aliphatic rings. The van der Waals surface area contributed by atoms with Crippen LogP contribution in [0, 0.1) is 11.6 Å². The second kappa shape index (κ2) is 9.43. The van der Waals surface area contributed by atoms with Crippen LogP contribution in [0.3, 0.4) is 0 Å². The van der Waals surface area contributed by atoms with Crippen molar-refractivity contribution in [3.63, 3.8) is 0 Å². The third-order valence-electron chi connectivity index (χ3n) is 6.54. The lowest BCUT2D eigenvalue weighted by Gasteiger charge is -2.26. The predicted molar refractivity (Wildman–Crippen MR) is 129 cm³/mol. The van der Waals surface area contributed by atoms with Crippen molar-refractivity contribution in [2.24, 2.45) is 7.05 Å². The Morgan fingerprint density at radius 2 is 1.84 bits per heavy atom. The number of ether oxygens (including phenoxy) is 1. The number of sulfone groups is 1. The summed E-state index contributed by atoms with van der Waals surface area (Å²) in [5.41, 5.74) is 0.534. The highest BCUT2D eigenvalue weighted by Crippen LogP contribution is 2.37. The number of benzene rings is 1. The van der Waals surface area contributed by atoms with E-state index in [2.05, 4.69) is 25.2 Å². The van der Waals surface area contributed by atoms with Gasteiger partial charge in [-0.25, -0.2) is 22.2 Å². The van der Waals surface area contributed by atoms with Crippen LogP contribution in [0.15, 0.2) is 27.9 Å². The van der Waals surface area contributed by atoms with Crippen molar-refractivity contribution >= 4 is 20.9 Å². The second-order valence-corrected chi connectivity index (χ2v) is 11.6. The largest absolute Gasteiger partial charge is 0.473 e. The van der Waals surface area contributed by atoms with E-state index in [0.29, 0.717) is 23.3 Å². The summed E-state index contributed by atoms with van der Waals surface area (Å²) >= 11 is 0. The summed E-state index contributed by atoms with van der Waals surface area (Å²) in [5, 5.41) is 8.38. The molecule has 0 unspecified atom stereocenters. The molecule has 37 heavy (non-hydrogen) atoms. The van der Waals surface area contributed by atoms with Crippen LogP contribution < -0.4 is 4.74 Å². The zero-order chi connectivity index (χ0) is 26.5. The summed E-state index contributed by atoms with van der Waals surface area (Å²) in [7, 11) is -2.31. The summed E-state index contributed by atoms with van der Waals surface area (Å²) in [6.45, 7) is 4.03. The van der Waals surface area contributed by atoms with Crippen molar-refractivity contribution < 1.29 is 26.5 Å². The Kier molecular flexibility index (Phi) is 6.42. The minimum absolute atomic E-state index is 0.0576. The van der Waals surface area contributed by atoms with Gasteiger partial charge in [-0.3, -0.25) is 4.68 Å². The lowest BCUT2D eigenvalue weighted by Crippen LogP contribution is -2.24. The first-order chi connectivity index (χ1) is 17.5. The van der Waals surface area contributed by atoms with Crippen LogP contribution in [0.2, 0.25) is 0 Å². The Bertz CT molecular complexity index is 1580. The molecule has 13 heteroatoms. The molecular weight excluding hydrogens is 506 g/mol. The molecule has 196 valence electrons. The van der Waals surface area contributed by atoms with Crippen molar-refractivity contribution in [3.8, 4) is 17.1 Å². The van der Waals surface area contributed by atoms with Crippen molar-refractivity contribution in [1.82, 2.24) is 29.9 Å². The highest BCUT2D eigenvalue weighted by atomic mass is 32.2. The highest BCUT2D eigenvalue weighted by Gasteiger charge is 2.30. The third kappa shape index (κ3) is 4.79. The summed E-state index contributed by atoms with van der Waals surface area (Å²) in [4.78, 5) is 12.3. The molecule has 0 bridgehead atoms. The Labute approximate surface area is 212 Å². The zero-order valence-electron chi connectivity index (χ0n) is 20.8. The van der Waals surface area contributed by atoms with E-state index in [0.717, 1.165) is 38.0 Å². The van der Waals surface area contributed by atoms with Gasteiger partial charge in [0.05, 0.1) is 0 Å². The van der Waals surface area contributed by atoms with E-state index in [1.54, 1.807) is 7.05 Å². The first-order valence-electron chi connectivity index (χ1n) is 11.9. The van der Waals surface area contributed by atoms with Crippen molar-refractivity contribution in [1.29, 1.82) is 0 Å². The fourth-order valence-corrected chi connectivity index (χ4v) is 5.30. The molecule has 0 radical (unpaired) electrons. The van der Waals surface area contributed by atoms with Crippen LogP contribution in [0.5, 0.6) is 5.88 Å². The average Bonchev–Trinajstić information content (AvgIpc) is 3.46. The monoisotopic (exact) mass is 532 g/mol. The van der Waals surface area contributed by atoms with Gasteiger partial charge in [-0.15, -0.1) is 0 Å². The molecule has 1 saturated carbocycles. The number of aryl methyl sites for hydroxylation is 1. The predicted octanol–water partition coefficient (Wildman–Crippen LogP) is 4.32. The Morgan fingerprint density at radius 1 is 1.11 bits per heavy atom. The van der Waals surface area contributed by atoms with Gasteiger partial charge in [0.1, 0.15) is 45.7 Å². The third-order valence-corrected chi connectivity index (χ3v) is 7.65. The summed E-state index contributed by atoms with van der Waals surface area (Å²) in [5.74, 6) is 0.00275. The molecule has 1 fully saturated rings. The number of aromatic nitrogens is 6. The molecule has 3 aromatic heterocycles. The second-order valence-electron chi connectivity index (χ2n) is 9.62. The molecule has 1 aromatic carbocycles. The fraction of sp³-hybridized carbons (Fsp3) is 0.458. The van der Waals surface area contributed by atoms with Crippen LogP contribution >= 0.6 is 0 Å². The van der Waals surface area contributed by atoms with Gasteiger partial charge < -0.3 is 9.26 Å². The molecule has 0 saturated heterocycles. The number of fused-ring (bicyclic) bond motifs is 1. The van der Waals surface area contributed by atoms with Crippen LogP contribution in [0.4, 0.5) is 8.78 Å². The topological polar surface area (TPSA) is 126 Å². The van der Waals surface area contributed by atoms with Crippen LogP contribution in [-0.4, -0.2) is 50.7 Å². The quantitative estimate of drug-likeness (QED) is 0.357. The van der Waals surface area contributed by atoms with Crippen LogP contribution in [0.25, 0.3) is 22.3 Å². The maximum atomic E-state index is 14.9. The molecule has 5 rings (SSSR count). The van der Waals surface area contributed by atoms with Crippen molar-refractivity contribution in [2.75, 3.05) is 6.26 Å². The molecule has 3 heterocycles. The molecule has 0 aliphatic heterocycles. The highest BCUT2D eigenvalue weighted by molar-refractivity contribution is 7.90. The van der Waals surface area contributed by atoms with E-state index in [4.69, 9.17) is 9.26 Å². The maximum Gasteiger partial charge on any atom is 0.243 e. The molecule has 4 aromatic rings. The van der Waals surface area contributed by atoms with Gasteiger partial charge in [0.2, 0.25) is 11.8 Å². The zero-order valence-corrected chi connectivity index (χ0v) is 21.6. The number of halogens is 2. The standard InChI is InChI=1S/C24H26F2N6O4S/c1-12(2)22-29-23(36-31-22)13-5-7-14(8-6-13)35-24-21-20(27-11-28-24)19(30-32(21)3)15-9-17(26)18(10-16(15)25)37(4,33)34/h9-14H,5-8H2,1-4H3. The summed E-state index contributed by atoms with van der Waals surface area (Å²) in [6, 6.07) is 1.48. The van der Waals surface area contributed by atoms with E-state index in [9.17, 15) is 17.2 Å². The molecule has 10 nitrogen and oxygen atoms in total. The Hall–Kier alpha value is -3.48. The van der Waals surface area contributed by atoms with Gasteiger partial charge >= 0.3 is 0 Å². The van der Waals surface area contributed by atoms with Gasteiger partial charge in [0.25, 0.3) is 0 Å². The van der Waals surface area contributed by atoms with E-state index in [1.807, 2.05) is 13.8 Å². The van der Waals surface area contributed by atoms with Crippen molar-refractivity contribution in [2.45, 2.75) is 62.4 Å². The normalized spacial score (nSPS) is 18.6. The fourth-order valence-electron chi connectivity index (χ4n) is 4.57. The smallest absolute Gasteiger partial charge is 0.243 e. The maximum absolute atomic E-state index is 14.9. The molecule has 0 spiro atoms. The first-order valence-corrected chi connectivity index (χ1v) is 13.8. The molecule has 1 aliphatic carbocycles. The molecular formula is C24H26F2N6O4S. The Morgan fingerprint density at radius 3 is 2.49 bits per heavy atom. The number of rotatable bonds is 6. The van der Waals surface area contributed by atoms with Gasteiger partial charge in [-0.05, 0) is 37.8 Å². The number of nitrogens with zero attached hydrogens (tertiary/aromatic N) is 6. The minimum Gasteiger partial charge on any atom is -0.473 e. The number of hydrogen-bond acceptors (Lipinski definition) is 9. The molecule has 0 amide bonds. The average molecular weight is 533 g/mol. The molecule has 0 atom stereocenters. The van der Waals surface area contributed by atoms with Crippen molar-refractivity contribution in [3.05, 3.63) is 41.8 Å². The van der Waals surface area contributed by atoms with Crippen LogP contribution in [0.1, 0.15) is 63.1 Å². The first kappa shape index (κ1) is 25.2. The summed E-state index contributed by atoms with van der Waals surface area (Å²) in [6.07, 6.45) is 5.08. The van der Waals surface area contributed by atoms with E-state index in [-0.39, 0.29) is 40.6 Å². The van der Waals surface area contributed by atoms with E-state index in [1.165, 1.54) is 11.0 Å². The Balaban J connectivity index is 1.39. The lowest BCUT2D eigenvalue weighted by atomic mass is 9.87. The molecule has 0 N–H and O–H groups in total. The van der Waals surface area contributed by atoms with Gasteiger partial charge in [0, 0.05) is 30.7 Å². The van der Waals surface area contributed by atoms with E-state index >= 15 is 0 Å². The minimum atomic E-state index is -3.94. The summed E-state index contributed by atoms with van der Waals surface area (Å²) < 4.78 is 66.1. The van der Waals surface area contributed by atoms with E-state index < -0.39 is 26.4 Å². The van der Waals surface area contributed by atoms with Gasteiger partial charge in [-0.1, -0.05) is 19.0 Å². The van der Waals surface area contributed by atoms with Gasteiger partial charge in [-0.2, -0.15) is 15.1 Å². The van der Waals surface area contributed by atoms with Gasteiger partial charge in [0.15, 0.2) is 15.7 Å².